The van der Waals surface area contributed by atoms with Gasteiger partial charge in [-0.2, -0.15) is 0 Å². The zero-order valence-electron chi connectivity index (χ0n) is 33.4. The van der Waals surface area contributed by atoms with Crippen molar-refractivity contribution in [2.75, 3.05) is 0 Å². The Morgan fingerprint density at radius 2 is 0.758 bits per heavy atom. The molecule has 290 valence electrons. The molecule has 0 aliphatic carbocycles. The molecular formula is C57H35N3OS. The van der Waals surface area contributed by atoms with Crippen molar-refractivity contribution in [2.24, 2.45) is 0 Å². The van der Waals surface area contributed by atoms with Gasteiger partial charge in [-0.3, -0.25) is 0 Å². The number of rotatable bonds is 7. The van der Waals surface area contributed by atoms with Crippen LogP contribution < -0.4 is 0 Å². The Labute approximate surface area is 362 Å². The molecule has 0 amide bonds. The number of benzene rings is 9. The molecule has 3 heterocycles. The monoisotopic (exact) mass is 809 g/mol. The van der Waals surface area contributed by atoms with Crippen molar-refractivity contribution in [1.29, 1.82) is 0 Å². The molecule has 0 atom stereocenters. The third-order valence-corrected chi connectivity index (χ3v) is 13.1. The lowest BCUT2D eigenvalue weighted by Gasteiger charge is -2.11. The lowest BCUT2D eigenvalue weighted by Crippen LogP contribution is -2.00. The molecule has 0 aliphatic heterocycles. The normalized spacial score (nSPS) is 11.5. The van der Waals surface area contributed by atoms with E-state index in [4.69, 9.17) is 19.4 Å². The van der Waals surface area contributed by atoms with Gasteiger partial charge in [0.1, 0.15) is 11.2 Å². The molecule has 0 unspecified atom stereocenters. The number of nitrogens with zero attached hydrogens (tertiary/aromatic N) is 3. The van der Waals surface area contributed by atoms with E-state index in [1.54, 1.807) is 0 Å². The first-order chi connectivity index (χ1) is 30.7. The summed E-state index contributed by atoms with van der Waals surface area (Å²) >= 11 is 1.88. The van der Waals surface area contributed by atoms with Crippen LogP contribution in [0.4, 0.5) is 0 Å². The Balaban J connectivity index is 0.939. The molecule has 4 nitrogen and oxygen atoms in total. The zero-order valence-corrected chi connectivity index (χ0v) is 34.2. The molecule has 3 aromatic heterocycles. The number of fused-ring (bicyclic) bond motifs is 6. The van der Waals surface area contributed by atoms with Gasteiger partial charge in [-0.05, 0) is 68.8 Å². The van der Waals surface area contributed by atoms with Crippen molar-refractivity contribution < 1.29 is 4.42 Å². The summed E-state index contributed by atoms with van der Waals surface area (Å²) in [6.07, 6.45) is 0. The smallest absolute Gasteiger partial charge is 0.164 e. The summed E-state index contributed by atoms with van der Waals surface area (Å²) in [6, 6.07) is 74.5. The van der Waals surface area contributed by atoms with Gasteiger partial charge >= 0.3 is 0 Å². The van der Waals surface area contributed by atoms with Gasteiger partial charge in [-0.15, -0.1) is 11.3 Å². The van der Waals surface area contributed by atoms with E-state index in [9.17, 15) is 0 Å². The van der Waals surface area contributed by atoms with Gasteiger partial charge in [-0.1, -0.05) is 188 Å². The second-order valence-corrected chi connectivity index (χ2v) is 16.5. The third kappa shape index (κ3) is 6.26. The van der Waals surface area contributed by atoms with E-state index in [1.807, 2.05) is 59.9 Å². The average Bonchev–Trinajstić information content (AvgIpc) is 3.93. The standard InChI is InChI=1S/C57H35N3OS/c1-4-14-36(15-5-1)42-32-33-50-49(35-42)52-48(26-13-27-51(52)61-50)57-59-55(40-18-8-3-9-19-40)58-56(60-57)43-21-10-20-41(34-43)37-28-30-39(31-29-37)45-23-12-25-47-46-24-11-22-44(53(46)62-54(45)47)38-16-6-2-7-17-38/h1-35H. The number of hydrogen-bond acceptors (Lipinski definition) is 5. The van der Waals surface area contributed by atoms with Crippen LogP contribution in [0.2, 0.25) is 0 Å². The van der Waals surface area contributed by atoms with Crippen molar-refractivity contribution in [3.05, 3.63) is 212 Å². The van der Waals surface area contributed by atoms with Gasteiger partial charge < -0.3 is 4.42 Å². The molecule has 0 aliphatic rings. The summed E-state index contributed by atoms with van der Waals surface area (Å²) in [6.45, 7) is 0. The highest BCUT2D eigenvalue weighted by molar-refractivity contribution is 7.26. The molecular weight excluding hydrogens is 775 g/mol. The molecule has 12 aromatic rings. The Morgan fingerprint density at radius 3 is 1.45 bits per heavy atom. The van der Waals surface area contributed by atoms with E-state index < -0.39 is 0 Å². The zero-order chi connectivity index (χ0) is 41.0. The molecule has 62 heavy (non-hydrogen) atoms. The highest BCUT2D eigenvalue weighted by atomic mass is 32.1. The molecule has 0 spiro atoms. The highest BCUT2D eigenvalue weighted by Crippen LogP contribution is 2.44. The minimum absolute atomic E-state index is 0.591. The number of aromatic nitrogens is 3. The maximum absolute atomic E-state index is 6.42. The van der Waals surface area contributed by atoms with Crippen LogP contribution in [0.3, 0.4) is 0 Å². The molecule has 0 N–H and O–H groups in total. The van der Waals surface area contributed by atoms with Crippen LogP contribution in [-0.2, 0) is 0 Å². The second-order valence-electron chi connectivity index (χ2n) is 15.5. The summed E-state index contributed by atoms with van der Waals surface area (Å²) < 4.78 is 9.04. The summed E-state index contributed by atoms with van der Waals surface area (Å²) in [5, 5.41) is 4.59. The molecule has 0 fully saturated rings. The van der Waals surface area contributed by atoms with E-state index in [-0.39, 0.29) is 0 Å². The van der Waals surface area contributed by atoms with Gasteiger partial charge in [0.15, 0.2) is 17.5 Å². The molecule has 9 aromatic carbocycles. The topological polar surface area (TPSA) is 51.8 Å². The summed E-state index contributed by atoms with van der Waals surface area (Å²) in [4.78, 5) is 15.4. The summed E-state index contributed by atoms with van der Waals surface area (Å²) in [7, 11) is 0. The maximum atomic E-state index is 6.42. The SMILES string of the molecule is c1ccc(-c2ccc3oc4cccc(-c5nc(-c6ccccc6)nc(-c6cccc(-c7ccc(-c8cccc9c8sc8c(-c%10ccccc%10)cccc89)cc7)c6)n5)c4c3c2)cc1. The van der Waals surface area contributed by atoms with E-state index >= 15 is 0 Å². The van der Waals surface area contributed by atoms with Crippen LogP contribution in [0.15, 0.2) is 217 Å². The van der Waals surface area contributed by atoms with Gasteiger partial charge in [-0.25, -0.2) is 15.0 Å². The first kappa shape index (κ1) is 35.9. The first-order valence-corrected chi connectivity index (χ1v) is 21.6. The second kappa shape index (κ2) is 14.9. The van der Waals surface area contributed by atoms with Gasteiger partial charge in [0.2, 0.25) is 0 Å². The first-order valence-electron chi connectivity index (χ1n) is 20.8. The lowest BCUT2D eigenvalue weighted by molar-refractivity contribution is 0.669. The van der Waals surface area contributed by atoms with Crippen LogP contribution >= 0.6 is 11.3 Å². The Kier molecular flexibility index (Phi) is 8.65. The number of thiophene rings is 1. The highest BCUT2D eigenvalue weighted by Gasteiger charge is 2.19. The fraction of sp³-hybridized carbons (Fsp3) is 0. The van der Waals surface area contributed by atoms with E-state index in [0.717, 1.165) is 60.9 Å². The molecule has 0 saturated carbocycles. The van der Waals surface area contributed by atoms with Crippen molar-refractivity contribution in [3.63, 3.8) is 0 Å². The Bertz CT molecular complexity index is 3610. The lowest BCUT2D eigenvalue weighted by atomic mass is 9.97. The number of furan rings is 1. The van der Waals surface area contributed by atoms with Gasteiger partial charge in [0, 0.05) is 47.6 Å². The summed E-state index contributed by atoms with van der Waals surface area (Å²) in [5.74, 6) is 1.81. The molecule has 0 radical (unpaired) electrons. The van der Waals surface area contributed by atoms with Gasteiger partial charge in [0.05, 0.1) is 0 Å². The van der Waals surface area contributed by atoms with Crippen molar-refractivity contribution >= 4 is 53.4 Å². The minimum Gasteiger partial charge on any atom is -0.456 e. The van der Waals surface area contributed by atoms with Crippen LogP contribution in [0.1, 0.15) is 0 Å². The molecule has 0 saturated heterocycles. The number of hydrogen-bond donors (Lipinski definition) is 0. The maximum Gasteiger partial charge on any atom is 0.164 e. The Morgan fingerprint density at radius 1 is 0.290 bits per heavy atom. The van der Waals surface area contributed by atoms with E-state index in [2.05, 4.69) is 164 Å². The van der Waals surface area contributed by atoms with Crippen molar-refractivity contribution in [1.82, 2.24) is 15.0 Å². The van der Waals surface area contributed by atoms with Crippen molar-refractivity contribution in [3.8, 4) is 78.7 Å². The molecule has 5 heteroatoms. The predicted octanol–water partition coefficient (Wildman–Crippen LogP) is 15.8. The fourth-order valence-corrected chi connectivity index (χ4v) is 10.1. The minimum atomic E-state index is 0.591. The van der Waals surface area contributed by atoms with Crippen LogP contribution in [0.5, 0.6) is 0 Å². The third-order valence-electron chi connectivity index (χ3n) is 11.8. The average molecular weight is 810 g/mol. The quantitative estimate of drug-likeness (QED) is 0.161. The fourth-order valence-electron chi connectivity index (χ4n) is 8.74. The van der Waals surface area contributed by atoms with Crippen LogP contribution in [0, 0.1) is 0 Å². The predicted molar refractivity (Wildman–Crippen MR) is 258 cm³/mol. The van der Waals surface area contributed by atoms with Gasteiger partial charge in [0.25, 0.3) is 0 Å². The summed E-state index contributed by atoms with van der Waals surface area (Å²) in [5.41, 5.74) is 13.7. The van der Waals surface area contributed by atoms with Crippen LogP contribution in [-0.4, -0.2) is 15.0 Å². The van der Waals surface area contributed by atoms with E-state index in [1.165, 1.54) is 42.4 Å². The van der Waals surface area contributed by atoms with E-state index in [0.29, 0.717) is 17.5 Å². The molecule has 12 rings (SSSR count). The molecule has 0 bridgehead atoms. The van der Waals surface area contributed by atoms with Crippen molar-refractivity contribution in [2.45, 2.75) is 0 Å². The largest absolute Gasteiger partial charge is 0.456 e. The van der Waals surface area contributed by atoms with Crippen LogP contribution in [0.25, 0.3) is 121 Å². The Hall–Kier alpha value is -7.99.